The first kappa shape index (κ1) is 17.8. The van der Waals surface area contributed by atoms with Crippen LogP contribution in [0.3, 0.4) is 0 Å². The monoisotopic (exact) mass is 340 g/mol. The normalized spacial score (nSPS) is 10.1. The summed E-state index contributed by atoms with van der Waals surface area (Å²) in [5, 5.41) is 38.3. The van der Waals surface area contributed by atoms with Gasteiger partial charge in [-0.25, -0.2) is 0 Å². The first-order valence-electron chi connectivity index (χ1n) is 7.26. The molecule has 0 amide bonds. The summed E-state index contributed by atoms with van der Waals surface area (Å²) < 4.78 is 0. The third kappa shape index (κ3) is 4.26. The lowest BCUT2D eigenvalue weighted by molar-refractivity contribution is -0.121. The highest BCUT2D eigenvalue weighted by Crippen LogP contribution is 2.34. The molecule has 0 radical (unpaired) electrons. The smallest absolute Gasteiger partial charge is 0.164 e. The van der Waals surface area contributed by atoms with Crippen LogP contribution in [0.4, 0.5) is 0 Å². The highest BCUT2D eigenvalue weighted by atomic mass is 16.3. The number of rotatable bonds is 6. The lowest BCUT2D eigenvalue weighted by Gasteiger charge is -2.11. The van der Waals surface area contributed by atoms with Crippen molar-refractivity contribution < 1.29 is 30.0 Å². The zero-order chi connectivity index (χ0) is 18.6. The second kappa shape index (κ2) is 7.35. The molecular weight excluding hydrogens is 324 g/mol. The number of carbonyl (C=O) groups is 2. The van der Waals surface area contributed by atoms with Crippen LogP contribution >= 0.6 is 0 Å². The first-order valence-corrected chi connectivity index (χ1v) is 7.26. The Kier molecular flexibility index (Phi) is 5.24. The number of carbonyl (C=O) groups excluding carboxylic acids is 2. The van der Waals surface area contributed by atoms with Crippen molar-refractivity contribution >= 4 is 17.1 Å². The Hall–Kier alpha value is -3.54. The summed E-state index contributed by atoms with van der Waals surface area (Å²) in [6, 6.07) is 7.92. The van der Waals surface area contributed by atoms with Crippen molar-refractivity contribution in [3.05, 3.63) is 66.3 Å². The molecule has 0 aromatic heterocycles. The molecule has 0 bridgehead atoms. The maximum Gasteiger partial charge on any atom is 0.164 e. The van der Waals surface area contributed by atoms with E-state index >= 15 is 0 Å². The third-order valence-electron chi connectivity index (χ3n) is 3.45. The Morgan fingerprint density at radius 2 is 1.28 bits per heavy atom. The van der Waals surface area contributed by atoms with Crippen LogP contribution < -0.4 is 0 Å². The molecular formula is C19H16O6. The van der Waals surface area contributed by atoms with Crippen LogP contribution in [-0.4, -0.2) is 32.0 Å². The van der Waals surface area contributed by atoms with Gasteiger partial charge in [-0.05, 0) is 53.1 Å². The van der Waals surface area contributed by atoms with Gasteiger partial charge in [0.15, 0.2) is 34.6 Å². The Morgan fingerprint density at radius 3 is 1.68 bits per heavy atom. The molecule has 128 valence electrons. The molecule has 0 atom stereocenters. The largest absolute Gasteiger partial charge is 0.504 e. The molecule has 0 unspecified atom stereocenters. The van der Waals surface area contributed by atoms with E-state index in [9.17, 15) is 30.0 Å². The predicted octanol–water partition coefficient (Wildman–Crippen LogP) is 2.66. The summed E-state index contributed by atoms with van der Waals surface area (Å²) >= 11 is 0. The zero-order valence-electron chi connectivity index (χ0n) is 13.1. The van der Waals surface area contributed by atoms with Gasteiger partial charge in [-0.2, -0.15) is 0 Å². The van der Waals surface area contributed by atoms with Crippen LogP contribution in [0.25, 0.3) is 5.57 Å². The van der Waals surface area contributed by atoms with Crippen molar-refractivity contribution in [1.29, 1.82) is 0 Å². The number of ketones is 2. The maximum absolute atomic E-state index is 12.1. The third-order valence-corrected chi connectivity index (χ3v) is 3.45. The zero-order valence-corrected chi connectivity index (χ0v) is 13.1. The SMILES string of the molecule is C=CC(=O)CC(=O)C=C(c1ccc(O)c(O)c1)c1ccc(O)c(O)c1. The van der Waals surface area contributed by atoms with E-state index in [1.54, 1.807) is 0 Å². The number of benzene rings is 2. The minimum atomic E-state index is -0.500. The van der Waals surface area contributed by atoms with Crippen LogP contribution in [0.5, 0.6) is 23.0 Å². The van der Waals surface area contributed by atoms with Gasteiger partial charge in [0, 0.05) is 0 Å². The standard InChI is InChI=1S/C19H16O6/c1-2-13(20)9-14(21)10-15(11-3-5-16(22)18(24)7-11)12-4-6-17(23)19(25)8-12/h2-8,10,22-25H,1,9H2. The molecule has 0 saturated carbocycles. The van der Waals surface area contributed by atoms with Gasteiger partial charge in [0.05, 0.1) is 6.42 Å². The average molecular weight is 340 g/mol. The van der Waals surface area contributed by atoms with Gasteiger partial charge < -0.3 is 20.4 Å². The Balaban J connectivity index is 2.55. The Bertz CT molecular complexity index is 826. The molecule has 0 heterocycles. The van der Waals surface area contributed by atoms with Crippen molar-refractivity contribution in [1.82, 2.24) is 0 Å². The predicted molar refractivity (Wildman–Crippen MR) is 91.5 cm³/mol. The molecule has 0 saturated heterocycles. The van der Waals surface area contributed by atoms with Gasteiger partial charge in [-0.1, -0.05) is 18.7 Å². The van der Waals surface area contributed by atoms with Crippen LogP contribution in [0.2, 0.25) is 0 Å². The van der Waals surface area contributed by atoms with Crippen LogP contribution in [0.15, 0.2) is 55.1 Å². The molecule has 2 aromatic carbocycles. The molecule has 0 fully saturated rings. The molecule has 6 nitrogen and oxygen atoms in total. The highest BCUT2D eigenvalue weighted by molar-refractivity contribution is 6.11. The summed E-state index contributed by atoms with van der Waals surface area (Å²) in [6.07, 6.45) is 1.87. The average Bonchev–Trinajstić information content (AvgIpc) is 2.57. The van der Waals surface area contributed by atoms with E-state index in [0.717, 1.165) is 6.08 Å². The minimum Gasteiger partial charge on any atom is -0.504 e. The molecule has 6 heteroatoms. The van der Waals surface area contributed by atoms with Crippen LogP contribution in [0.1, 0.15) is 17.5 Å². The number of aromatic hydroxyl groups is 4. The molecule has 25 heavy (non-hydrogen) atoms. The molecule has 2 rings (SSSR count). The second-order valence-corrected chi connectivity index (χ2v) is 5.28. The summed E-state index contributed by atoms with van der Waals surface area (Å²) in [4.78, 5) is 23.5. The van der Waals surface area contributed by atoms with Gasteiger partial charge >= 0.3 is 0 Å². The van der Waals surface area contributed by atoms with Crippen LogP contribution in [0, 0.1) is 0 Å². The lowest BCUT2D eigenvalue weighted by atomic mass is 9.95. The van der Waals surface area contributed by atoms with Gasteiger partial charge in [-0.15, -0.1) is 0 Å². The second-order valence-electron chi connectivity index (χ2n) is 5.28. The highest BCUT2D eigenvalue weighted by Gasteiger charge is 2.13. The van der Waals surface area contributed by atoms with Gasteiger partial charge in [-0.3, -0.25) is 9.59 Å². The molecule has 0 aliphatic carbocycles. The number of hydrogen-bond acceptors (Lipinski definition) is 6. The number of hydrogen-bond donors (Lipinski definition) is 4. The quantitative estimate of drug-likeness (QED) is 0.365. The van der Waals surface area contributed by atoms with E-state index in [2.05, 4.69) is 6.58 Å². The molecule has 2 aromatic rings. The van der Waals surface area contributed by atoms with E-state index in [1.165, 1.54) is 42.5 Å². The van der Waals surface area contributed by atoms with E-state index in [-0.39, 0.29) is 29.4 Å². The summed E-state index contributed by atoms with van der Waals surface area (Å²) in [5.74, 6) is -2.38. The van der Waals surface area contributed by atoms with Gasteiger partial charge in [0.2, 0.25) is 0 Å². The fourth-order valence-electron chi connectivity index (χ4n) is 2.17. The molecule has 4 N–H and O–H groups in total. The minimum absolute atomic E-state index is 0.299. The van der Waals surface area contributed by atoms with Crippen molar-refractivity contribution in [3.63, 3.8) is 0 Å². The summed E-state index contributed by atoms with van der Waals surface area (Å²) in [5.41, 5.74) is 1.05. The van der Waals surface area contributed by atoms with Gasteiger partial charge in [0.25, 0.3) is 0 Å². The fraction of sp³-hybridized carbons (Fsp3) is 0.0526. The topological polar surface area (TPSA) is 115 Å². The summed E-state index contributed by atoms with van der Waals surface area (Å²) in [7, 11) is 0. The molecule has 0 spiro atoms. The van der Waals surface area contributed by atoms with Crippen LogP contribution in [-0.2, 0) is 9.59 Å². The maximum atomic E-state index is 12.1. The molecule has 0 aliphatic heterocycles. The number of allylic oxidation sites excluding steroid dienone is 2. The lowest BCUT2D eigenvalue weighted by Crippen LogP contribution is -2.03. The first-order chi connectivity index (χ1) is 11.8. The fourth-order valence-corrected chi connectivity index (χ4v) is 2.17. The number of phenols is 4. The van der Waals surface area contributed by atoms with E-state index in [4.69, 9.17) is 0 Å². The number of phenolic OH excluding ortho intramolecular Hbond substituents is 4. The van der Waals surface area contributed by atoms with Crippen molar-refractivity contribution in [3.8, 4) is 23.0 Å². The van der Waals surface area contributed by atoms with E-state index < -0.39 is 11.6 Å². The van der Waals surface area contributed by atoms with Crippen molar-refractivity contribution in [2.75, 3.05) is 0 Å². The Labute approximate surface area is 143 Å². The molecule has 0 aliphatic rings. The van der Waals surface area contributed by atoms with E-state index in [1.807, 2.05) is 0 Å². The summed E-state index contributed by atoms with van der Waals surface area (Å²) in [6.45, 7) is 3.31. The van der Waals surface area contributed by atoms with Crippen molar-refractivity contribution in [2.24, 2.45) is 0 Å². The van der Waals surface area contributed by atoms with Crippen molar-refractivity contribution in [2.45, 2.75) is 6.42 Å². The Morgan fingerprint density at radius 1 is 0.800 bits per heavy atom. The van der Waals surface area contributed by atoms with Gasteiger partial charge in [0.1, 0.15) is 0 Å². The van der Waals surface area contributed by atoms with E-state index in [0.29, 0.717) is 16.7 Å².